The Morgan fingerprint density at radius 3 is 2.28 bits per heavy atom. The summed E-state index contributed by atoms with van der Waals surface area (Å²) in [5.41, 5.74) is 7.80. The van der Waals surface area contributed by atoms with Crippen molar-refractivity contribution in [3.8, 4) is 17.1 Å². The summed E-state index contributed by atoms with van der Waals surface area (Å²) in [7, 11) is 2.14. The lowest BCUT2D eigenvalue weighted by Crippen LogP contribution is -2.37. The van der Waals surface area contributed by atoms with Crippen molar-refractivity contribution in [3.63, 3.8) is 0 Å². The highest BCUT2D eigenvalue weighted by atomic mass is 15.1. The molecule has 3 nitrogen and oxygen atoms in total. The normalized spacial score (nSPS) is 11.6. The highest BCUT2D eigenvalue weighted by molar-refractivity contribution is 5.81. The first-order chi connectivity index (χ1) is 13.8. The van der Waals surface area contributed by atoms with Crippen molar-refractivity contribution in [3.05, 3.63) is 77.4 Å². The maximum absolute atomic E-state index is 2.37. The Kier molecular flexibility index (Phi) is 4.77. The number of aryl methyl sites for hydroxylation is 4. The van der Waals surface area contributed by atoms with Crippen LogP contribution < -0.4 is 9.13 Å². The number of rotatable bonds is 3. The molecule has 0 atom stereocenters. The topological polar surface area (TPSA) is 12.7 Å². The van der Waals surface area contributed by atoms with E-state index in [1.54, 1.807) is 0 Å². The first-order valence-electron chi connectivity index (χ1n) is 10.4. The van der Waals surface area contributed by atoms with Crippen molar-refractivity contribution >= 4 is 10.8 Å². The highest BCUT2D eigenvalue weighted by Gasteiger charge is 2.28. The number of aromatic nitrogens is 3. The van der Waals surface area contributed by atoms with Crippen LogP contribution in [0.1, 0.15) is 42.3 Å². The number of imidazole rings is 1. The van der Waals surface area contributed by atoms with E-state index in [1.807, 2.05) is 0 Å². The van der Waals surface area contributed by atoms with Crippen molar-refractivity contribution in [2.24, 2.45) is 7.05 Å². The third-order valence-electron chi connectivity index (χ3n) is 5.99. The molecule has 29 heavy (non-hydrogen) atoms. The molecule has 2 aromatic carbocycles. The second-order valence-electron chi connectivity index (χ2n) is 8.51. The van der Waals surface area contributed by atoms with E-state index in [4.69, 9.17) is 0 Å². The average Bonchev–Trinajstić information content (AvgIpc) is 3.03. The molecule has 0 saturated heterocycles. The Morgan fingerprint density at radius 1 is 0.897 bits per heavy atom. The van der Waals surface area contributed by atoms with Crippen LogP contribution in [0.25, 0.3) is 27.8 Å². The minimum atomic E-state index is 0.407. The maximum Gasteiger partial charge on any atom is 0.289 e. The summed E-state index contributed by atoms with van der Waals surface area (Å²) >= 11 is 0. The monoisotopic (exact) mass is 385 g/mol. The predicted octanol–water partition coefficient (Wildman–Crippen LogP) is 5.22. The van der Waals surface area contributed by atoms with E-state index in [0.717, 1.165) is 0 Å². The summed E-state index contributed by atoms with van der Waals surface area (Å²) < 4.78 is 6.97. The van der Waals surface area contributed by atoms with E-state index in [1.165, 1.54) is 50.2 Å². The van der Waals surface area contributed by atoms with Crippen LogP contribution in [-0.2, 0) is 7.05 Å². The standard InChI is InChI=1S/C26H31N3/c1-17(2)28-13-12-27(7)26(28)24-18(3)14-19(4)25(21(24)6)29-16-23-11-9-8-10-22(23)15-20(29)5/h8-17H,1-7H3/q+2. The van der Waals surface area contributed by atoms with Gasteiger partial charge in [-0.05, 0) is 57.7 Å². The van der Waals surface area contributed by atoms with Gasteiger partial charge in [-0.1, -0.05) is 18.2 Å². The SMILES string of the molecule is Cc1cc(C)c(-[n+]2cc3ccccc3cc2C)c(C)c1-c1n(C(C)C)cc[n+]1C. The number of nitrogens with zero attached hydrogens (tertiary/aromatic N) is 3. The summed E-state index contributed by atoms with van der Waals surface area (Å²) in [6, 6.07) is 13.6. The molecule has 0 fully saturated rings. The van der Waals surface area contributed by atoms with Gasteiger partial charge in [0.2, 0.25) is 5.69 Å². The van der Waals surface area contributed by atoms with Crippen molar-refractivity contribution in [1.82, 2.24) is 4.57 Å². The number of fused-ring (bicyclic) bond motifs is 1. The largest absolute Gasteiger partial charge is 0.289 e. The number of benzene rings is 2. The Hall–Kier alpha value is -2.94. The van der Waals surface area contributed by atoms with Gasteiger partial charge in [0.25, 0.3) is 5.82 Å². The highest BCUT2D eigenvalue weighted by Crippen LogP contribution is 2.32. The molecule has 4 rings (SSSR count). The van der Waals surface area contributed by atoms with Crippen LogP contribution in [0, 0.1) is 27.7 Å². The number of pyridine rings is 1. The molecule has 2 aromatic heterocycles. The van der Waals surface area contributed by atoms with E-state index in [0.29, 0.717) is 6.04 Å². The zero-order valence-corrected chi connectivity index (χ0v) is 18.6. The average molecular weight is 386 g/mol. The summed E-state index contributed by atoms with van der Waals surface area (Å²) in [5, 5.41) is 2.54. The van der Waals surface area contributed by atoms with Crippen molar-refractivity contribution in [1.29, 1.82) is 0 Å². The first kappa shape index (κ1) is 19.4. The van der Waals surface area contributed by atoms with E-state index in [2.05, 4.69) is 117 Å². The second-order valence-corrected chi connectivity index (χ2v) is 8.51. The fourth-order valence-electron chi connectivity index (χ4n) is 4.64. The van der Waals surface area contributed by atoms with Gasteiger partial charge in [0.05, 0.1) is 18.7 Å². The Morgan fingerprint density at radius 2 is 1.59 bits per heavy atom. The van der Waals surface area contributed by atoms with Gasteiger partial charge in [-0.3, -0.25) is 0 Å². The second kappa shape index (κ2) is 7.14. The minimum absolute atomic E-state index is 0.407. The lowest BCUT2D eigenvalue weighted by molar-refractivity contribution is -0.659. The van der Waals surface area contributed by atoms with Gasteiger partial charge in [0.15, 0.2) is 11.9 Å². The summed E-state index contributed by atoms with van der Waals surface area (Å²) in [5.74, 6) is 1.26. The molecule has 0 unspecified atom stereocenters. The fourth-order valence-corrected chi connectivity index (χ4v) is 4.64. The molecule has 3 heteroatoms. The van der Waals surface area contributed by atoms with E-state index < -0.39 is 0 Å². The molecule has 0 aliphatic carbocycles. The van der Waals surface area contributed by atoms with Gasteiger partial charge in [-0.15, -0.1) is 0 Å². The molecule has 0 spiro atoms. The van der Waals surface area contributed by atoms with Gasteiger partial charge in [-0.2, -0.15) is 4.57 Å². The molecule has 0 bridgehead atoms. The van der Waals surface area contributed by atoms with Crippen LogP contribution in [0.3, 0.4) is 0 Å². The Bertz CT molecular complexity index is 1230. The molecule has 0 amide bonds. The van der Waals surface area contributed by atoms with Crippen LogP contribution in [0.4, 0.5) is 0 Å². The molecule has 4 aromatic rings. The van der Waals surface area contributed by atoms with Crippen molar-refractivity contribution < 1.29 is 9.13 Å². The Balaban J connectivity index is 2.04. The van der Waals surface area contributed by atoms with Crippen molar-refractivity contribution in [2.75, 3.05) is 0 Å². The number of hydrogen-bond donors (Lipinski definition) is 0. The molecular formula is C26H31N3+2. The lowest BCUT2D eigenvalue weighted by atomic mass is 9.95. The van der Waals surface area contributed by atoms with E-state index >= 15 is 0 Å². The van der Waals surface area contributed by atoms with Gasteiger partial charge in [-0.25, -0.2) is 9.13 Å². The first-order valence-corrected chi connectivity index (χ1v) is 10.4. The molecule has 2 heterocycles. The molecule has 0 aliphatic heterocycles. The smallest absolute Gasteiger partial charge is 0.233 e. The van der Waals surface area contributed by atoms with Gasteiger partial charge < -0.3 is 0 Å². The predicted molar refractivity (Wildman–Crippen MR) is 119 cm³/mol. The van der Waals surface area contributed by atoms with Crippen LogP contribution in [0.5, 0.6) is 0 Å². The Labute approximate surface area is 173 Å². The van der Waals surface area contributed by atoms with Crippen LogP contribution >= 0.6 is 0 Å². The zero-order chi connectivity index (χ0) is 20.9. The quantitative estimate of drug-likeness (QED) is 0.429. The van der Waals surface area contributed by atoms with Crippen molar-refractivity contribution in [2.45, 2.75) is 47.6 Å². The number of hydrogen-bond acceptors (Lipinski definition) is 0. The van der Waals surface area contributed by atoms with Gasteiger partial charge in [0.1, 0.15) is 12.4 Å². The van der Waals surface area contributed by atoms with Crippen LogP contribution in [0.2, 0.25) is 0 Å². The zero-order valence-electron chi connectivity index (χ0n) is 18.6. The minimum Gasteiger partial charge on any atom is -0.233 e. The molecule has 0 N–H and O–H groups in total. The van der Waals surface area contributed by atoms with Gasteiger partial charge in [0, 0.05) is 29.5 Å². The summed E-state index contributed by atoms with van der Waals surface area (Å²) in [4.78, 5) is 0. The van der Waals surface area contributed by atoms with Crippen LogP contribution in [-0.4, -0.2) is 4.57 Å². The molecular weight excluding hydrogens is 354 g/mol. The van der Waals surface area contributed by atoms with E-state index in [9.17, 15) is 0 Å². The maximum atomic E-state index is 2.37. The third kappa shape index (κ3) is 3.15. The molecule has 0 saturated carbocycles. The molecule has 148 valence electrons. The molecule has 0 aliphatic rings. The van der Waals surface area contributed by atoms with E-state index in [-0.39, 0.29) is 0 Å². The third-order valence-corrected chi connectivity index (χ3v) is 5.99. The molecule has 0 radical (unpaired) electrons. The fraction of sp³-hybridized carbons (Fsp3) is 0.308. The van der Waals surface area contributed by atoms with Crippen LogP contribution in [0.15, 0.2) is 55.0 Å². The van der Waals surface area contributed by atoms with Gasteiger partial charge >= 0.3 is 0 Å². The summed E-state index contributed by atoms with van der Waals surface area (Å²) in [6.07, 6.45) is 6.62. The lowest BCUT2D eigenvalue weighted by Gasteiger charge is -2.15. The summed E-state index contributed by atoms with van der Waals surface area (Å²) in [6.45, 7) is 13.4.